The van der Waals surface area contributed by atoms with Crippen LogP contribution in [0.5, 0.6) is 5.75 Å². The molecule has 4 rings (SSSR count). The summed E-state index contributed by atoms with van der Waals surface area (Å²) in [5, 5.41) is 16.1. The summed E-state index contributed by atoms with van der Waals surface area (Å²) in [5.41, 5.74) is -3.79. The number of rotatable bonds is 21. The molecule has 410 valence electrons. The molecule has 1 saturated heterocycles. The molecule has 0 bridgehead atoms. The van der Waals surface area contributed by atoms with E-state index in [1.807, 2.05) is 21.8 Å². The molecule has 2 atom stereocenters. The molecule has 25 nitrogen and oxygen atoms in total. The SMILES string of the molecule is CC(C)(C)OC(=O)NCCCn1cc(-c2ccc(OCC(O/N=C(\C(=O)NC3C(=O)N(OS(=O)(=O)O)C3(C)C)c3csc(NC(=O)OC(C)(C)C)n3)C(=O)OC(C)(C)C)cc2)c[n+]1CCCNC(=O)OC(C)(C)C. The number of nitrogens with zero attached hydrogens (tertiary/aromatic N) is 5. The van der Waals surface area contributed by atoms with Gasteiger partial charge in [-0.2, -0.15) is 18.2 Å². The minimum atomic E-state index is -5.11. The number of alkyl carbamates (subject to hydrolysis) is 2. The molecule has 1 fully saturated rings. The van der Waals surface area contributed by atoms with E-state index in [0.717, 1.165) is 22.5 Å². The summed E-state index contributed by atoms with van der Waals surface area (Å²) in [7, 11) is -5.11. The molecule has 3 heterocycles. The Morgan fingerprint density at radius 1 is 0.824 bits per heavy atom. The number of amides is 5. The predicted molar refractivity (Wildman–Crippen MR) is 268 cm³/mol. The molecule has 2 unspecified atom stereocenters. The van der Waals surface area contributed by atoms with Crippen molar-refractivity contribution in [2.45, 2.75) is 163 Å². The monoisotopic (exact) mass is 1080 g/mol. The van der Waals surface area contributed by atoms with E-state index in [9.17, 15) is 41.7 Å². The zero-order valence-electron chi connectivity index (χ0n) is 44.3. The van der Waals surface area contributed by atoms with Gasteiger partial charge in [-0.25, -0.2) is 24.2 Å². The number of oxime groups is 1. The predicted octanol–water partition coefficient (Wildman–Crippen LogP) is 5.43. The highest BCUT2D eigenvalue weighted by Gasteiger charge is 2.58. The third-order valence-electron chi connectivity index (χ3n) is 9.59. The van der Waals surface area contributed by atoms with Gasteiger partial charge in [0.2, 0.25) is 6.20 Å². The highest BCUT2D eigenvalue weighted by atomic mass is 32.3. The molecule has 74 heavy (non-hydrogen) atoms. The number of β-lactam (4-membered cyclic amide) rings is 1. The first kappa shape index (κ1) is 60.0. The molecule has 1 aromatic carbocycles. The first-order valence-corrected chi connectivity index (χ1v) is 25.7. The van der Waals surface area contributed by atoms with Crippen molar-refractivity contribution >= 4 is 68.6 Å². The van der Waals surface area contributed by atoms with Crippen molar-refractivity contribution in [3.8, 4) is 16.9 Å². The quantitative estimate of drug-likeness (QED) is 0.0130. The van der Waals surface area contributed by atoms with Gasteiger partial charge in [-0.1, -0.05) is 17.3 Å². The van der Waals surface area contributed by atoms with Gasteiger partial charge < -0.3 is 44.5 Å². The molecule has 0 spiro atoms. The second-order valence-electron chi connectivity index (χ2n) is 21.4. The third kappa shape index (κ3) is 19.7. The number of thiazole rings is 1. The Kier molecular flexibility index (Phi) is 19.6. The number of hydrogen-bond donors (Lipinski definition) is 5. The number of carbonyl (C=O) groups is 6. The van der Waals surface area contributed by atoms with Crippen LogP contribution in [0.1, 0.15) is 115 Å². The van der Waals surface area contributed by atoms with Crippen molar-refractivity contribution in [1.29, 1.82) is 0 Å². The van der Waals surface area contributed by atoms with Gasteiger partial charge in [0.1, 0.15) is 46.5 Å². The second kappa shape index (κ2) is 24.2. The zero-order chi connectivity index (χ0) is 55.6. The van der Waals surface area contributed by atoms with E-state index in [1.165, 1.54) is 19.2 Å². The summed E-state index contributed by atoms with van der Waals surface area (Å²) in [6.45, 7) is 24.6. The van der Waals surface area contributed by atoms with Gasteiger partial charge in [0.15, 0.2) is 17.4 Å². The average Bonchev–Trinajstić information content (AvgIpc) is 3.87. The number of ether oxygens (including phenoxy) is 5. The van der Waals surface area contributed by atoms with Crippen molar-refractivity contribution in [2.24, 2.45) is 5.16 Å². The van der Waals surface area contributed by atoms with Crippen molar-refractivity contribution in [1.82, 2.24) is 30.7 Å². The summed E-state index contributed by atoms with van der Waals surface area (Å²) >= 11 is 0.882. The van der Waals surface area contributed by atoms with Crippen LogP contribution in [0.15, 0.2) is 47.2 Å². The van der Waals surface area contributed by atoms with E-state index in [-0.39, 0.29) is 10.8 Å². The van der Waals surface area contributed by atoms with E-state index < -0.39 is 98.9 Å². The van der Waals surface area contributed by atoms with E-state index >= 15 is 0 Å². The highest BCUT2D eigenvalue weighted by molar-refractivity contribution is 7.80. The van der Waals surface area contributed by atoms with Crippen molar-refractivity contribution < 1.29 is 79.2 Å². The molecule has 1 aliphatic rings. The van der Waals surface area contributed by atoms with Crippen LogP contribution >= 0.6 is 11.3 Å². The number of hydroxylamine groups is 2. The van der Waals surface area contributed by atoms with E-state index in [0.29, 0.717) is 49.8 Å². The van der Waals surface area contributed by atoms with Gasteiger partial charge in [-0.3, -0.25) is 19.5 Å². The maximum atomic E-state index is 14.0. The first-order chi connectivity index (χ1) is 34.0. The summed E-state index contributed by atoms with van der Waals surface area (Å²) in [6.07, 6.45) is 1.57. The van der Waals surface area contributed by atoms with Gasteiger partial charge in [-0.15, -0.1) is 20.3 Å². The van der Waals surface area contributed by atoms with Crippen molar-refractivity contribution in [2.75, 3.05) is 25.0 Å². The molecule has 3 aromatic rings. The number of aryl methyl sites for hydroxylation is 2. The van der Waals surface area contributed by atoms with Crippen LogP contribution in [0, 0.1) is 0 Å². The summed E-state index contributed by atoms with van der Waals surface area (Å²) in [4.78, 5) is 87.6. The maximum Gasteiger partial charge on any atom is 0.418 e. The number of esters is 1. The van der Waals surface area contributed by atoms with Crippen LogP contribution in [-0.4, -0.2) is 129 Å². The lowest BCUT2D eigenvalue weighted by Gasteiger charge is -2.50. The van der Waals surface area contributed by atoms with Crippen LogP contribution in [0.2, 0.25) is 0 Å². The summed E-state index contributed by atoms with van der Waals surface area (Å²) in [6, 6.07) is 5.52. The number of benzene rings is 1. The van der Waals surface area contributed by atoms with Crippen molar-refractivity contribution in [3.63, 3.8) is 0 Å². The lowest BCUT2D eigenvalue weighted by atomic mass is 9.84. The van der Waals surface area contributed by atoms with Gasteiger partial charge in [0.05, 0.1) is 23.8 Å². The molecular weight excluding hydrogens is 1010 g/mol. The Morgan fingerprint density at radius 2 is 1.38 bits per heavy atom. The van der Waals surface area contributed by atoms with E-state index in [2.05, 4.69) is 35.7 Å². The third-order valence-corrected chi connectivity index (χ3v) is 10.7. The number of aromatic nitrogens is 3. The number of hydrogen-bond acceptors (Lipinski definition) is 18. The molecule has 27 heteroatoms. The fourth-order valence-corrected chi connectivity index (χ4v) is 7.66. The fourth-order valence-electron chi connectivity index (χ4n) is 6.52. The minimum Gasteiger partial charge on any atom is -0.489 e. The Balaban J connectivity index is 1.57. The zero-order valence-corrected chi connectivity index (χ0v) is 45.9. The Labute approximate surface area is 434 Å². The maximum absolute atomic E-state index is 14.0. The Bertz CT molecular complexity index is 2570. The van der Waals surface area contributed by atoms with Crippen LogP contribution in [0.3, 0.4) is 0 Å². The normalized spacial score (nSPS) is 15.5. The number of anilines is 1. The molecule has 2 aromatic heterocycles. The smallest absolute Gasteiger partial charge is 0.418 e. The van der Waals surface area contributed by atoms with E-state index in [1.54, 1.807) is 107 Å². The van der Waals surface area contributed by atoms with Crippen LogP contribution in [0.25, 0.3) is 11.1 Å². The van der Waals surface area contributed by atoms with Crippen molar-refractivity contribution in [3.05, 3.63) is 47.7 Å². The standard InChI is InChI=1S/C47H69N9O16S2/c1-43(2,3)67-38(59)33(71-53-34(32-28-73-39(50-32)52-42(62)70-46(10,11)12)36(57)51-35-37(58)56(47(35,13)14)72-74(63,64)65)27-66-31-19-17-29(18-20-31)30-25-54(23-15-21-48-40(60)68-44(4,5)6)55(26-30)24-16-22-49-41(61)69-45(7,8)9/h17-20,25-26,28,33,35H,15-16,21-24,27H2,1-14H3,(H4-,48,49,50,51,52,57,60,61,62,63,64,65)/p+1/b53-34-. The molecule has 0 saturated carbocycles. The highest BCUT2D eigenvalue weighted by Crippen LogP contribution is 2.33. The van der Waals surface area contributed by atoms with Gasteiger partial charge in [0.25, 0.3) is 17.9 Å². The van der Waals surface area contributed by atoms with Gasteiger partial charge >= 0.3 is 34.6 Å². The Hall–Kier alpha value is -6.58. The molecule has 5 N–H and O–H groups in total. The lowest BCUT2D eigenvalue weighted by Crippen LogP contribution is -2.76. The first-order valence-electron chi connectivity index (χ1n) is 23.5. The second-order valence-corrected chi connectivity index (χ2v) is 23.2. The molecule has 0 radical (unpaired) electrons. The molecule has 5 amide bonds. The van der Waals surface area contributed by atoms with Crippen LogP contribution in [0.4, 0.5) is 19.5 Å². The number of nitrogens with one attached hydrogen (secondary N) is 4. The summed E-state index contributed by atoms with van der Waals surface area (Å²) < 4.78 is 68.1. The Morgan fingerprint density at radius 3 is 1.92 bits per heavy atom. The summed E-state index contributed by atoms with van der Waals surface area (Å²) in [5.74, 6) is -2.74. The topological polar surface area (TPSA) is 307 Å². The average molecular weight is 1080 g/mol. The molecular formula is C47H70N9O16S2+. The van der Waals surface area contributed by atoms with Gasteiger partial charge in [-0.05, 0) is 121 Å². The van der Waals surface area contributed by atoms with E-state index in [4.69, 9.17) is 28.5 Å². The number of carbonyl (C=O) groups excluding carboxylic acids is 6. The largest absolute Gasteiger partial charge is 0.489 e. The lowest BCUT2D eigenvalue weighted by molar-refractivity contribution is -0.775. The molecule has 0 aliphatic carbocycles. The molecule has 1 aliphatic heterocycles. The van der Waals surface area contributed by atoms with Crippen LogP contribution in [-0.2, 0) is 65.9 Å². The fraction of sp³-hybridized carbons (Fsp3) is 0.596. The van der Waals surface area contributed by atoms with Gasteiger partial charge in [0, 0.05) is 24.9 Å². The van der Waals surface area contributed by atoms with Crippen LogP contribution < -0.4 is 30.7 Å². The minimum absolute atomic E-state index is 0.0235.